The second-order valence-electron chi connectivity index (χ2n) is 6.35. The molecule has 0 saturated carbocycles. The largest absolute Gasteiger partial charge is 0.376 e. The van der Waals surface area contributed by atoms with Crippen LogP contribution in [0.1, 0.15) is 34.9 Å². The molecule has 130 valence electrons. The van der Waals surface area contributed by atoms with Gasteiger partial charge in [0.25, 0.3) is 5.91 Å². The van der Waals surface area contributed by atoms with Crippen LogP contribution in [-0.4, -0.2) is 30.1 Å². The summed E-state index contributed by atoms with van der Waals surface area (Å²) in [6, 6.07) is 12.3. The highest BCUT2D eigenvalue weighted by Crippen LogP contribution is 2.35. The fourth-order valence-electron chi connectivity index (χ4n) is 3.46. The van der Waals surface area contributed by atoms with Gasteiger partial charge in [0.2, 0.25) is 0 Å². The standard InChI is InChI=1S/C19H18BrFN2O2/c20-12-7-8-14(16(21)10-12)18-22-17-6-2-1-5-15(17)19(24)23(18)11-13-4-3-9-25-13/h1-2,5-8,10,13,18,22H,3-4,9,11H2/t13-,18-/m1/s1. The average molecular weight is 405 g/mol. The quantitative estimate of drug-likeness (QED) is 0.827. The van der Waals surface area contributed by atoms with Gasteiger partial charge in [0.1, 0.15) is 12.0 Å². The summed E-state index contributed by atoms with van der Waals surface area (Å²) in [4.78, 5) is 14.8. The minimum absolute atomic E-state index is 0.00276. The van der Waals surface area contributed by atoms with Gasteiger partial charge in [-0.3, -0.25) is 4.79 Å². The van der Waals surface area contributed by atoms with Crippen LogP contribution in [-0.2, 0) is 4.74 Å². The van der Waals surface area contributed by atoms with Crippen molar-refractivity contribution in [2.45, 2.75) is 25.1 Å². The zero-order chi connectivity index (χ0) is 17.4. The van der Waals surface area contributed by atoms with Crippen molar-refractivity contribution in [2.24, 2.45) is 0 Å². The first-order valence-corrected chi connectivity index (χ1v) is 9.16. The molecule has 2 atom stereocenters. The van der Waals surface area contributed by atoms with Crippen LogP contribution < -0.4 is 5.32 Å². The summed E-state index contributed by atoms with van der Waals surface area (Å²) < 4.78 is 21.0. The normalized spacial score (nSPS) is 22.6. The van der Waals surface area contributed by atoms with Crippen molar-refractivity contribution in [2.75, 3.05) is 18.5 Å². The van der Waals surface area contributed by atoms with Gasteiger partial charge in [-0.1, -0.05) is 34.1 Å². The summed E-state index contributed by atoms with van der Waals surface area (Å²) in [6.07, 6.45) is 1.35. The maximum Gasteiger partial charge on any atom is 0.257 e. The molecular weight excluding hydrogens is 387 g/mol. The number of benzene rings is 2. The van der Waals surface area contributed by atoms with Crippen molar-refractivity contribution >= 4 is 27.5 Å². The molecule has 4 rings (SSSR count). The number of hydrogen-bond donors (Lipinski definition) is 1. The van der Waals surface area contributed by atoms with E-state index >= 15 is 0 Å². The van der Waals surface area contributed by atoms with Crippen molar-refractivity contribution in [3.8, 4) is 0 Å². The van der Waals surface area contributed by atoms with Crippen LogP contribution in [0.2, 0.25) is 0 Å². The predicted molar refractivity (Wildman–Crippen MR) is 96.9 cm³/mol. The summed E-state index contributed by atoms with van der Waals surface area (Å²) >= 11 is 3.28. The molecule has 0 aliphatic carbocycles. The third-order valence-electron chi connectivity index (χ3n) is 4.70. The van der Waals surface area contributed by atoms with Crippen LogP contribution in [0.4, 0.5) is 10.1 Å². The third-order valence-corrected chi connectivity index (χ3v) is 5.20. The number of fused-ring (bicyclic) bond motifs is 1. The molecule has 6 heteroatoms. The lowest BCUT2D eigenvalue weighted by atomic mass is 10.0. The summed E-state index contributed by atoms with van der Waals surface area (Å²) in [5, 5.41) is 3.32. The maximum atomic E-state index is 14.6. The molecule has 2 aromatic rings. The fourth-order valence-corrected chi connectivity index (χ4v) is 3.79. The number of halogens is 2. The zero-order valence-electron chi connectivity index (χ0n) is 13.5. The summed E-state index contributed by atoms with van der Waals surface area (Å²) in [5.74, 6) is -0.450. The van der Waals surface area contributed by atoms with Gasteiger partial charge >= 0.3 is 0 Å². The van der Waals surface area contributed by atoms with Crippen molar-refractivity contribution in [3.63, 3.8) is 0 Å². The molecule has 25 heavy (non-hydrogen) atoms. The van der Waals surface area contributed by atoms with E-state index in [1.807, 2.05) is 18.2 Å². The van der Waals surface area contributed by atoms with E-state index in [4.69, 9.17) is 4.74 Å². The van der Waals surface area contributed by atoms with Gasteiger partial charge < -0.3 is 15.0 Å². The average Bonchev–Trinajstić information content (AvgIpc) is 3.11. The van der Waals surface area contributed by atoms with Gasteiger partial charge in [-0.05, 0) is 37.1 Å². The Bertz CT molecular complexity index is 808. The number of rotatable bonds is 3. The van der Waals surface area contributed by atoms with E-state index in [2.05, 4.69) is 21.2 Å². The predicted octanol–water partition coefficient (Wildman–Crippen LogP) is 4.33. The third kappa shape index (κ3) is 3.16. The Morgan fingerprint density at radius 1 is 1.28 bits per heavy atom. The lowest BCUT2D eigenvalue weighted by molar-refractivity contribution is 0.0423. The van der Waals surface area contributed by atoms with Crippen molar-refractivity contribution in [1.82, 2.24) is 4.90 Å². The molecule has 1 saturated heterocycles. The molecule has 0 radical (unpaired) electrons. The number of anilines is 1. The minimum Gasteiger partial charge on any atom is -0.376 e. The molecule has 4 nitrogen and oxygen atoms in total. The SMILES string of the molecule is O=C1c2ccccc2N[C@@H](c2ccc(Br)cc2F)N1C[C@H]1CCCO1. The summed E-state index contributed by atoms with van der Waals surface area (Å²) in [6.45, 7) is 1.16. The van der Waals surface area contributed by atoms with Crippen molar-refractivity contribution in [3.05, 3.63) is 63.9 Å². The van der Waals surface area contributed by atoms with Crippen LogP contribution in [0.15, 0.2) is 46.9 Å². The van der Waals surface area contributed by atoms with E-state index in [1.54, 1.807) is 23.1 Å². The molecule has 2 aliphatic rings. The Morgan fingerprint density at radius 2 is 2.12 bits per heavy atom. The van der Waals surface area contributed by atoms with Crippen LogP contribution in [0.5, 0.6) is 0 Å². The maximum absolute atomic E-state index is 14.6. The molecular formula is C19H18BrFN2O2. The number of hydrogen-bond acceptors (Lipinski definition) is 3. The Balaban J connectivity index is 1.74. The van der Waals surface area contributed by atoms with E-state index in [0.717, 1.165) is 18.5 Å². The number of nitrogens with one attached hydrogen (secondary N) is 1. The topological polar surface area (TPSA) is 41.6 Å². The lowest BCUT2D eigenvalue weighted by Gasteiger charge is -2.39. The van der Waals surface area contributed by atoms with Gasteiger partial charge in [-0.25, -0.2) is 4.39 Å². The number of para-hydroxylation sites is 1. The molecule has 1 fully saturated rings. The van der Waals surface area contributed by atoms with E-state index in [9.17, 15) is 9.18 Å². The van der Waals surface area contributed by atoms with Crippen molar-refractivity contribution in [1.29, 1.82) is 0 Å². The van der Waals surface area contributed by atoms with E-state index in [1.165, 1.54) is 6.07 Å². The van der Waals surface area contributed by atoms with Crippen LogP contribution >= 0.6 is 15.9 Å². The van der Waals surface area contributed by atoms with Crippen LogP contribution in [0.3, 0.4) is 0 Å². The van der Waals surface area contributed by atoms with E-state index in [0.29, 0.717) is 28.8 Å². The number of carbonyl (C=O) groups is 1. The lowest BCUT2D eigenvalue weighted by Crippen LogP contribution is -2.46. The Kier molecular flexibility index (Phi) is 4.48. The van der Waals surface area contributed by atoms with E-state index < -0.39 is 6.17 Å². The van der Waals surface area contributed by atoms with Crippen LogP contribution in [0.25, 0.3) is 0 Å². The Morgan fingerprint density at radius 3 is 2.88 bits per heavy atom. The number of carbonyl (C=O) groups excluding carboxylic acids is 1. The van der Waals surface area contributed by atoms with Gasteiger partial charge in [-0.2, -0.15) is 0 Å². The van der Waals surface area contributed by atoms with Crippen molar-refractivity contribution < 1.29 is 13.9 Å². The van der Waals surface area contributed by atoms with Gasteiger partial charge in [0.15, 0.2) is 0 Å². The number of nitrogens with zero attached hydrogens (tertiary/aromatic N) is 1. The first-order chi connectivity index (χ1) is 12.1. The summed E-state index contributed by atoms with van der Waals surface area (Å²) in [7, 11) is 0. The second-order valence-corrected chi connectivity index (χ2v) is 7.27. The second kappa shape index (κ2) is 6.77. The zero-order valence-corrected chi connectivity index (χ0v) is 15.1. The molecule has 2 aliphatic heterocycles. The molecule has 0 unspecified atom stereocenters. The monoisotopic (exact) mass is 404 g/mol. The highest BCUT2D eigenvalue weighted by Gasteiger charge is 2.36. The molecule has 1 amide bonds. The highest BCUT2D eigenvalue weighted by molar-refractivity contribution is 9.10. The molecule has 0 spiro atoms. The van der Waals surface area contributed by atoms with Crippen LogP contribution in [0, 0.1) is 5.82 Å². The molecule has 0 bridgehead atoms. The number of amides is 1. The molecule has 2 heterocycles. The first kappa shape index (κ1) is 16.5. The smallest absolute Gasteiger partial charge is 0.257 e. The first-order valence-electron chi connectivity index (χ1n) is 8.36. The molecule has 2 aromatic carbocycles. The number of ether oxygens (including phenoxy) is 1. The Labute approximate surface area is 154 Å². The molecule has 0 aromatic heterocycles. The highest BCUT2D eigenvalue weighted by atomic mass is 79.9. The van der Waals surface area contributed by atoms with Gasteiger partial charge in [0, 0.05) is 28.9 Å². The molecule has 1 N–H and O–H groups in total. The minimum atomic E-state index is -0.556. The van der Waals surface area contributed by atoms with E-state index in [-0.39, 0.29) is 17.8 Å². The Hall–Kier alpha value is -1.92. The fraction of sp³-hybridized carbons (Fsp3) is 0.316. The van der Waals surface area contributed by atoms with Gasteiger partial charge in [-0.15, -0.1) is 0 Å². The van der Waals surface area contributed by atoms with Gasteiger partial charge in [0.05, 0.1) is 11.7 Å². The summed E-state index contributed by atoms with van der Waals surface area (Å²) in [5.41, 5.74) is 1.78.